The smallest absolute Gasteiger partial charge is 0.156 e. The van der Waals surface area contributed by atoms with E-state index >= 15 is 0 Å². The fraction of sp³-hybridized carbons (Fsp3) is 0.0357. The summed E-state index contributed by atoms with van der Waals surface area (Å²) in [5, 5.41) is 5.11. The molecule has 3 aromatic heterocycles. The number of thiophene rings is 1. The van der Waals surface area contributed by atoms with Crippen molar-refractivity contribution in [2.75, 3.05) is 7.11 Å². The fourth-order valence-corrected chi connectivity index (χ4v) is 6.02. The van der Waals surface area contributed by atoms with E-state index in [-0.39, 0.29) is 0 Å². The first-order chi connectivity index (χ1) is 15.8. The lowest BCUT2D eigenvalue weighted by Gasteiger charge is -2.10. The summed E-state index contributed by atoms with van der Waals surface area (Å²) in [4.78, 5) is 4.98. The van der Waals surface area contributed by atoms with Crippen LogP contribution in [0.2, 0.25) is 0 Å². The van der Waals surface area contributed by atoms with E-state index < -0.39 is 0 Å². The topological polar surface area (TPSA) is 26.5 Å². The van der Waals surface area contributed by atoms with E-state index in [0.29, 0.717) is 0 Å². The molecule has 4 heteroatoms. The molecule has 0 amide bonds. The van der Waals surface area contributed by atoms with Crippen LogP contribution >= 0.6 is 11.3 Å². The molecule has 0 aliphatic carbocycles. The van der Waals surface area contributed by atoms with Gasteiger partial charge in [0.2, 0.25) is 0 Å². The number of ether oxygens (including phenoxy) is 1. The third kappa shape index (κ3) is 2.38. The SMILES string of the molecule is COc1ccc(-c2cccc3ccc4sc5c(ccn6c7ccccc7nc56)c4c23)cc1. The largest absolute Gasteiger partial charge is 0.497 e. The van der Waals surface area contributed by atoms with E-state index in [2.05, 4.69) is 77.3 Å². The lowest BCUT2D eigenvalue weighted by atomic mass is 9.95. The van der Waals surface area contributed by atoms with Crippen LogP contribution in [0, 0.1) is 0 Å². The zero-order valence-electron chi connectivity index (χ0n) is 17.4. The first-order valence-corrected chi connectivity index (χ1v) is 11.4. The maximum atomic E-state index is 5.37. The number of benzene rings is 4. The second-order valence-electron chi connectivity index (χ2n) is 8.03. The molecule has 0 aliphatic heterocycles. The molecule has 7 aromatic rings. The van der Waals surface area contributed by atoms with Gasteiger partial charge in [0, 0.05) is 21.7 Å². The highest BCUT2D eigenvalue weighted by Crippen LogP contribution is 2.43. The molecule has 32 heavy (non-hydrogen) atoms. The van der Waals surface area contributed by atoms with Gasteiger partial charge in [0.25, 0.3) is 0 Å². The maximum Gasteiger partial charge on any atom is 0.156 e. The number of methoxy groups -OCH3 is 1. The second kappa shape index (κ2) is 6.55. The van der Waals surface area contributed by atoms with Gasteiger partial charge >= 0.3 is 0 Å². The third-order valence-electron chi connectivity index (χ3n) is 6.32. The molecular weight excluding hydrogens is 412 g/mol. The number of para-hydroxylation sites is 2. The van der Waals surface area contributed by atoms with Crippen LogP contribution in [0.25, 0.3) is 58.8 Å². The quantitative estimate of drug-likeness (QED) is 0.281. The molecule has 3 nitrogen and oxygen atoms in total. The molecule has 0 radical (unpaired) electrons. The summed E-state index contributed by atoms with van der Waals surface area (Å²) in [6.07, 6.45) is 2.16. The van der Waals surface area contributed by atoms with Crippen molar-refractivity contribution < 1.29 is 4.74 Å². The average Bonchev–Trinajstić information content (AvgIpc) is 3.42. The van der Waals surface area contributed by atoms with Crippen LogP contribution in [0.4, 0.5) is 0 Å². The van der Waals surface area contributed by atoms with Gasteiger partial charge in [-0.3, -0.25) is 4.40 Å². The molecule has 0 aliphatic rings. The fourth-order valence-electron chi connectivity index (χ4n) is 4.83. The zero-order valence-corrected chi connectivity index (χ0v) is 18.2. The molecule has 152 valence electrons. The van der Waals surface area contributed by atoms with E-state index in [0.717, 1.165) is 22.4 Å². The van der Waals surface area contributed by atoms with Crippen LogP contribution in [-0.2, 0) is 0 Å². The molecule has 0 bridgehead atoms. The first kappa shape index (κ1) is 17.8. The van der Waals surface area contributed by atoms with Crippen molar-refractivity contribution in [2.24, 2.45) is 0 Å². The van der Waals surface area contributed by atoms with Crippen molar-refractivity contribution in [1.29, 1.82) is 0 Å². The second-order valence-corrected chi connectivity index (χ2v) is 9.08. The van der Waals surface area contributed by atoms with Crippen molar-refractivity contribution in [3.05, 3.63) is 91.1 Å². The van der Waals surface area contributed by atoms with Crippen molar-refractivity contribution in [3.63, 3.8) is 0 Å². The average molecular weight is 431 g/mol. The van der Waals surface area contributed by atoms with Gasteiger partial charge in [-0.05, 0) is 58.3 Å². The monoisotopic (exact) mass is 430 g/mol. The van der Waals surface area contributed by atoms with Gasteiger partial charge in [-0.2, -0.15) is 0 Å². The van der Waals surface area contributed by atoms with Crippen LogP contribution in [0.3, 0.4) is 0 Å². The molecular formula is C28H18N2OS. The highest BCUT2D eigenvalue weighted by Gasteiger charge is 2.16. The Kier molecular flexibility index (Phi) is 3.64. The molecule has 4 aromatic carbocycles. The number of hydrogen-bond donors (Lipinski definition) is 0. The number of pyridine rings is 1. The minimum absolute atomic E-state index is 0.869. The van der Waals surface area contributed by atoms with Gasteiger partial charge in [-0.15, -0.1) is 11.3 Å². The molecule has 0 atom stereocenters. The lowest BCUT2D eigenvalue weighted by Crippen LogP contribution is -1.86. The summed E-state index contributed by atoms with van der Waals surface area (Å²) in [7, 11) is 1.70. The van der Waals surface area contributed by atoms with Crippen LogP contribution in [0.15, 0.2) is 91.1 Å². The molecule has 0 fully saturated rings. The van der Waals surface area contributed by atoms with E-state index in [9.17, 15) is 0 Å². The van der Waals surface area contributed by atoms with E-state index in [1.165, 1.54) is 42.1 Å². The number of aromatic nitrogens is 2. The Hall–Kier alpha value is -3.89. The number of imidazole rings is 1. The lowest BCUT2D eigenvalue weighted by molar-refractivity contribution is 0.415. The summed E-state index contributed by atoms with van der Waals surface area (Å²) in [5.74, 6) is 0.869. The minimum atomic E-state index is 0.869. The first-order valence-electron chi connectivity index (χ1n) is 10.6. The summed E-state index contributed by atoms with van der Waals surface area (Å²) in [6, 6.07) is 30.0. The van der Waals surface area contributed by atoms with Crippen LogP contribution in [0.5, 0.6) is 5.75 Å². The van der Waals surface area contributed by atoms with Gasteiger partial charge in [-0.25, -0.2) is 4.98 Å². The minimum Gasteiger partial charge on any atom is -0.497 e. The molecule has 0 spiro atoms. The standard InChI is InChI=1S/C28H18N2OS/c1-31-19-12-9-17(10-13-19)20-6-4-5-18-11-14-24-26(25(18)20)21-15-16-30-23-8-3-2-7-22(23)29-28(30)27(21)32-24/h2-16H,1H3. The van der Waals surface area contributed by atoms with E-state index in [1.807, 2.05) is 29.5 Å². The summed E-state index contributed by atoms with van der Waals surface area (Å²) < 4.78 is 10.1. The zero-order chi connectivity index (χ0) is 21.2. The highest BCUT2D eigenvalue weighted by molar-refractivity contribution is 7.26. The number of nitrogens with zero attached hydrogens (tertiary/aromatic N) is 2. The van der Waals surface area contributed by atoms with E-state index in [1.54, 1.807) is 7.11 Å². The van der Waals surface area contributed by atoms with Crippen molar-refractivity contribution in [3.8, 4) is 16.9 Å². The van der Waals surface area contributed by atoms with Crippen molar-refractivity contribution >= 4 is 59.0 Å². The van der Waals surface area contributed by atoms with Crippen LogP contribution in [0.1, 0.15) is 0 Å². The summed E-state index contributed by atoms with van der Waals surface area (Å²) in [5.41, 5.74) is 5.63. The van der Waals surface area contributed by atoms with Crippen LogP contribution < -0.4 is 4.74 Å². The molecule has 0 unspecified atom stereocenters. The Bertz CT molecular complexity index is 1810. The highest BCUT2D eigenvalue weighted by atomic mass is 32.1. The van der Waals surface area contributed by atoms with Gasteiger partial charge in [0.05, 0.1) is 22.8 Å². The number of hydrogen-bond acceptors (Lipinski definition) is 3. The summed E-state index contributed by atoms with van der Waals surface area (Å²) in [6.45, 7) is 0. The van der Waals surface area contributed by atoms with Gasteiger partial charge in [-0.1, -0.05) is 48.5 Å². The Balaban J connectivity index is 1.62. The molecule has 7 rings (SSSR count). The number of fused-ring (bicyclic) bond motifs is 9. The summed E-state index contributed by atoms with van der Waals surface area (Å²) >= 11 is 1.83. The molecule has 0 saturated carbocycles. The Morgan fingerprint density at radius 2 is 1.69 bits per heavy atom. The Morgan fingerprint density at radius 1 is 0.812 bits per heavy atom. The number of rotatable bonds is 2. The van der Waals surface area contributed by atoms with Gasteiger partial charge < -0.3 is 4.74 Å². The normalized spacial score (nSPS) is 11.9. The molecule has 0 saturated heterocycles. The van der Waals surface area contributed by atoms with Crippen molar-refractivity contribution in [2.45, 2.75) is 0 Å². The predicted molar refractivity (Wildman–Crippen MR) is 135 cm³/mol. The Morgan fingerprint density at radius 3 is 2.56 bits per heavy atom. The van der Waals surface area contributed by atoms with Crippen molar-refractivity contribution in [1.82, 2.24) is 9.38 Å². The predicted octanol–water partition coefficient (Wildman–Crippen LogP) is 7.68. The van der Waals surface area contributed by atoms with Gasteiger partial charge in [0.1, 0.15) is 5.75 Å². The molecule has 0 N–H and O–H groups in total. The van der Waals surface area contributed by atoms with Crippen LogP contribution in [-0.4, -0.2) is 16.5 Å². The van der Waals surface area contributed by atoms with Gasteiger partial charge in [0.15, 0.2) is 5.65 Å². The third-order valence-corrected chi connectivity index (χ3v) is 7.49. The maximum absolute atomic E-state index is 5.37. The molecule has 3 heterocycles. The Labute approximate surface area is 188 Å². The van der Waals surface area contributed by atoms with E-state index in [4.69, 9.17) is 9.72 Å².